The van der Waals surface area contributed by atoms with Gasteiger partial charge in [-0.25, -0.2) is 9.78 Å². The Labute approximate surface area is 118 Å². The highest BCUT2D eigenvalue weighted by molar-refractivity contribution is 6.32. The first-order valence-corrected chi connectivity index (χ1v) is 5.95. The average Bonchev–Trinajstić information content (AvgIpc) is 2.34. The molecule has 108 valence electrons. The number of hydrogen-bond donors (Lipinski definition) is 2. The van der Waals surface area contributed by atoms with Crippen LogP contribution in [0.1, 0.15) is 24.2 Å². The van der Waals surface area contributed by atoms with E-state index in [0.29, 0.717) is 0 Å². The highest BCUT2D eigenvalue weighted by Gasteiger charge is 2.26. The zero-order valence-electron chi connectivity index (χ0n) is 10.7. The maximum absolute atomic E-state index is 11.9. The van der Waals surface area contributed by atoms with Gasteiger partial charge in [0.1, 0.15) is 17.4 Å². The zero-order chi connectivity index (χ0) is 15.4. The van der Waals surface area contributed by atoms with Crippen LogP contribution in [0.15, 0.2) is 12.3 Å². The summed E-state index contributed by atoms with van der Waals surface area (Å²) in [6, 6.07) is -0.179. The molecule has 0 bridgehead atoms. The van der Waals surface area contributed by atoms with Crippen molar-refractivity contribution in [2.75, 3.05) is 0 Å². The van der Waals surface area contributed by atoms with Crippen LogP contribution < -0.4 is 5.32 Å². The second kappa shape index (κ2) is 6.29. The number of aliphatic carboxylic acids is 1. The van der Waals surface area contributed by atoms with Gasteiger partial charge in [0.15, 0.2) is 0 Å². The molecule has 0 aliphatic carbocycles. The summed E-state index contributed by atoms with van der Waals surface area (Å²) < 4.78 is 0. The first-order valence-electron chi connectivity index (χ1n) is 5.57. The molecular formula is C11H12ClN3O5. The fourth-order valence-electron chi connectivity index (χ4n) is 1.43. The van der Waals surface area contributed by atoms with E-state index in [1.165, 1.54) is 0 Å². The highest BCUT2D eigenvalue weighted by atomic mass is 35.5. The monoisotopic (exact) mass is 301 g/mol. The van der Waals surface area contributed by atoms with Gasteiger partial charge in [-0.3, -0.25) is 14.9 Å². The number of aromatic nitrogens is 1. The molecule has 1 atom stereocenters. The number of pyridine rings is 1. The molecule has 0 saturated carbocycles. The molecule has 8 nitrogen and oxygen atoms in total. The number of carbonyl (C=O) groups is 2. The van der Waals surface area contributed by atoms with Crippen molar-refractivity contribution in [1.82, 2.24) is 10.3 Å². The van der Waals surface area contributed by atoms with Crippen molar-refractivity contribution in [3.05, 3.63) is 33.1 Å². The van der Waals surface area contributed by atoms with Crippen molar-refractivity contribution in [3.8, 4) is 0 Å². The molecular weight excluding hydrogens is 290 g/mol. The Morgan fingerprint density at radius 1 is 1.50 bits per heavy atom. The van der Waals surface area contributed by atoms with Crippen LogP contribution >= 0.6 is 11.6 Å². The molecule has 0 aliphatic heterocycles. The van der Waals surface area contributed by atoms with Crippen molar-refractivity contribution in [1.29, 1.82) is 0 Å². The van der Waals surface area contributed by atoms with Crippen molar-refractivity contribution < 1.29 is 19.6 Å². The van der Waals surface area contributed by atoms with Crippen LogP contribution in [0.3, 0.4) is 0 Å². The fourth-order valence-corrected chi connectivity index (χ4v) is 1.62. The first-order chi connectivity index (χ1) is 9.23. The standard InChI is InChI=1S/C11H12ClN3O5/c1-5(2)8(11(17)18)14-10(16)7-3-6(15(19)20)4-13-9(7)12/h3-5,8H,1-2H3,(H,14,16)(H,17,18)/t8-/m1/s1. The Morgan fingerprint density at radius 3 is 2.55 bits per heavy atom. The Morgan fingerprint density at radius 2 is 2.10 bits per heavy atom. The zero-order valence-corrected chi connectivity index (χ0v) is 11.4. The van der Waals surface area contributed by atoms with Crippen molar-refractivity contribution in [2.24, 2.45) is 5.92 Å². The smallest absolute Gasteiger partial charge is 0.326 e. The predicted molar refractivity (Wildman–Crippen MR) is 69.6 cm³/mol. The van der Waals surface area contributed by atoms with Gasteiger partial charge in [-0.15, -0.1) is 0 Å². The van der Waals surface area contributed by atoms with E-state index in [0.717, 1.165) is 12.3 Å². The number of carboxylic acid groups (broad SMARTS) is 1. The third-order valence-corrected chi connectivity index (χ3v) is 2.80. The molecule has 9 heteroatoms. The molecule has 1 heterocycles. The minimum Gasteiger partial charge on any atom is -0.480 e. The number of rotatable bonds is 5. The lowest BCUT2D eigenvalue weighted by Crippen LogP contribution is -2.44. The maximum Gasteiger partial charge on any atom is 0.326 e. The first kappa shape index (κ1) is 15.8. The molecule has 1 amide bonds. The van der Waals surface area contributed by atoms with E-state index in [-0.39, 0.29) is 16.6 Å². The number of nitro groups is 1. The van der Waals surface area contributed by atoms with E-state index in [9.17, 15) is 19.7 Å². The molecule has 0 saturated heterocycles. The minimum absolute atomic E-state index is 0.235. The summed E-state index contributed by atoms with van der Waals surface area (Å²) in [7, 11) is 0. The Balaban J connectivity index is 3.05. The number of carboxylic acids is 1. The van der Waals surface area contributed by atoms with Crippen LogP contribution in [-0.4, -0.2) is 32.9 Å². The SMILES string of the molecule is CC(C)[C@@H](NC(=O)c1cc([N+](=O)[O-])cnc1Cl)C(=O)O. The number of carbonyl (C=O) groups excluding carboxylic acids is 1. The summed E-state index contributed by atoms with van der Waals surface area (Å²) in [5, 5.41) is 21.6. The van der Waals surface area contributed by atoms with Gasteiger partial charge in [-0.05, 0) is 5.92 Å². The molecule has 0 unspecified atom stereocenters. The third-order valence-electron chi connectivity index (χ3n) is 2.50. The lowest BCUT2D eigenvalue weighted by molar-refractivity contribution is -0.385. The lowest BCUT2D eigenvalue weighted by atomic mass is 10.0. The van der Waals surface area contributed by atoms with E-state index in [1.807, 2.05) is 0 Å². The van der Waals surface area contributed by atoms with Gasteiger partial charge in [0.05, 0.1) is 10.5 Å². The van der Waals surface area contributed by atoms with Crippen molar-refractivity contribution >= 4 is 29.2 Å². The summed E-state index contributed by atoms with van der Waals surface area (Å²) in [6.07, 6.45) is 0.913. The second-order valence-electron chi connectivity index (χ2n) is 4.32. The van der Waals surface area contributed by atoms with E-state index in [1.54, 1.807) is 13.8 Å². The summed E-state index contributed by atoms with van der Waals surface area (Å²) in [5.74, 6) is -2.39. The molecule has 20 heavy (non-hydrogen) atoms. The molecule has 1 aromatic heterocycles. The van der Waals surface area contributed by atoms with E-state index >= 15 is 0 Å². The van der Waals surface area contributed by atoms with Crippen LogP contribution in [0.2, 0.25) is 5.15 Å². The molecule has 2 N–H and O–H groups in total. The average molecular weight is 302 g/mol. The van der Waals surface area contributed by atoms with Gasteiger partial charge in [-0.2, -0.15) is 0 Å². The van der Waals surface area contributed by atoms with E-state index in [4.69, 9.17) is 16.7 Å². The van der Waals surface area contributed by atoms with Gasteiger partial charge in [0, 0.05) is 6.07 Å². The minimum atomic E-state index is -1.21. The number of nitrogens with one attached hydrogen (secondary N) is 1. The molecule has 0 aromatic carbocycles. The molecule has 1 aromatic rings. The topological polar surface area (TPSA) is 122 Å². The second-order valence-corrected chi connectivity index (χ2v) is 4.68. The summed E-state index contributed by atoms with van der Waals surface area (Å²) in [6.45, 7) is 3.23. The van der Waals surface area contributed by atoms with Crippen molar-refractivity contribution in [2.45, 2.75) is 19.9 Å². The van der Waals surface area contributed by atoms with E-state index < -0.39 is 28.5 Å². The predicted octanol–water partition coefficient (Wildman–Crippen LogP) is 1.48. The third kappa shape index (κ3) is 3.64. The number of hydrogen-bond acceptors (Lipinski definition) is 5. The Kier molecular flexibility index (Phi) is 4.98. The Hall–Kier alpha value is -2.22. The largest absolute Gasteiger partial charge is 0.480 e. The van der Waals surface area contributed by atoms with Crippen LogP contribution in [0.5, 0.6) is 0 Å². The number of amides is 1. The summed E-state index contributed by atoms with van der Waals surface area (Å²) in [5.41, 5.74) is -0.649. The fraction of sp³-hybridized carbons (Fsp3) is 0.364. The lowest BCUT2D eigenvalue weighted by Gasteiger charge is -2.17. The normalized spacial score (nSPS) is 12.0. The van der Waals surface area contributed by atoms with Crippen LogP contribution in [-0.2, 0) is 4.79 Å². The molecule has 1 rings (SSSR count). The van der Waals surface area contributed by atoms with Crippen LogP contribution in [0.4, 0.5) is 5.69 Å². The van der Waals surface area contributed by atoms with Crippen LogP contribution in [0.25, 0.3) is 0 Å². The quantitative estimate of drug-likeness (QED) is 0.482. The number of halogens is 1. The van der Waals surface area contributed by atoms with Crippen molar-refractivity contribution in [3.63, 3.8) is 0 Å². The van der Waals surface area contributed by atoms with Gasteiger partial charge < -0.3 is 10.4 Å². The van der Waals surface area contributed by atoms with Crippen LogP contribution in [0, 0.1) is 16.0 Å². The van der Waals surface area contributed by atoms with Gasteiger partial charge in [-0.1, -0.05) is 25.4 Å². The summed E-state index contributed by atoms with van der Waals surface area (Å²) >= 11 is 5.70. The molecule has 0 radical (unpaired) electrons. The Bertz CT molecular complexity index is 561. The number of nitrogens with zero attached hydrogens (tertiary/aromatic N) is 2. The highest BCUT2D eigenvalue weighted by Crippen LogP contribution is 2.19. The van der Waals surface area contributed by atoms with Gasteiger partial charge in [0.2, 0.25) is 0 Å². The summed E-state index contributed by atoms with van der Waals surface area (Å²) in [4.78, 5) is 36.4. The molecule has 0 fully saturated rings. The maximum atomic E-state index is 11.9. The van der Waals surface area contributed by atoms with E-state index in [2.05, 4.69) is 10.3 Å². The van der Waals surface area contributed by atoms with Gasteiger partial charge in [0.25, 0.3) is 11.6 Å². The molecule has 0 spiro atoms. The van der Waals surface area contributed by atoms with Gasteiger partial charge >= 0.3 is 5.97 Å². The molecule has 0 aliphatic rings.